The maximum Gasteiger partial charge on any atom is 0.259 e. The Morgan fingerprint density at radius 3 is 2.15 bits per heavy atom. The highest BCUT2D eigenvalue weighted by molar-refractivity contribution is 7.44. The molecule has 1 fully saturated rings. The van der Waals surface area contributed by atoms with E-state index in [4.69, 9.17) is 42.9 Å². The highest BCUT2D eigenvalue weighted by Crippen LogP contribution is 2.51. The minimum Gasteiger partial charge on any atom is -0.508 e. The standard InChI is InChI=1S/C46H50N7O7P/c1-30(2)53(31(3)4)61(58-24-10-23-47)60-40-26-42(52-28-48-43-44(52)49-29-51-39-22-17-35(54)25-38(39)50-45(43)51)59-41(40)27-57-46(32-11-8-7-9-12-32,33-13-18-36(55-5)19-14-33)34-15-20-37(56-6)21-16-34/h7-9,11-22,25,28-31,40-42,54H,10,24,26-27H2,1-6H3/t40-,41+,42+,61?/m0/s1. The fourth-order valence-corrected chi connectivity index (χ4v) is 9.92. The topological polar surface area (TPSA) is 151 Å². The summed E-state index contributed by atoms with van der Waals surface area (Å²) in [6, 6.07) is 33.4. The van der Waals surface area contributed by atoms with Crippen LogP contribution in [0.1, 0.15) is 63.5 Å². The normalized spacial score (nSPS) is 17.5. The number of aromatic nitrogens is 5. The Labute approximate surface area is 356 Å². The van der Waals surface area contributed by atoms with Crippen LogP contribution in [-0.4, -0.2) is 85.4 Å². The molecule has 14 nitrogen and oxygen atoms in total. The van der Waals surface area contributed by atoms with Crippen LogP contribution in [0.4, 0.5) is 0 Å². The van der Waals surface area contributed by atoms with Crippen molar-refractivity contribution in [1.29, 1.82) is 5.26 Å². The van der Waals surface area contributed by atoms with Crippen LogP contribution in [0.25, 0.3) is 27.8 Å². The molecule has 0 saturated carbocycles. The molecule has 4 atom stereocenters. The molecule has 316 valence electrons. The molecule has 1 aliphatic rings. The first kappa shape index (κ1) is 42.1. The number of aromatic hydroxyl groups is 1. The molecule has 8 rings (SSSR count). The summed E-state index contributed by atoms with van der Waals surface area (Å²) in [7, 11) is 1.66. The number of imidazole rings is 2. The summed E-state index contributed by atoms with van der Waals surface area (Å²) in [5.74, 6) is 1.57. The van der Waals surface area contributed by atoms with Gasteiger partial charge in [-0.2, -0.15) is 5.26 Å². The molecule has 4 aromatic carbocycles. The summed E-state index contributed by atoms with van der Waals surface area (Å²) in [4.78, 5) is 14.5. The van der Waals surface area contributed by atoms with Gasteiger partial charge in [0.25, 0.3) is 8.53 Å². The van der Waals surface area contributed by atoms with Crippen LogP contribution >= 0.6 is 8.53 Å². The molecule has 0 amide bonds. The van der Waals surface area contributed by atoms with Gasteiger partial charge in [0.1, 0.15) is 41.5 Å². The molecule has 7 aromatic rings. The number of ether oxygens (including phenoxy) is 4. The van der Waals surface area contributed by atoms with Crippen molar-refractivity contribution < 1.29 is 33.1 Å². The van der Waals surface area contributed by atoms with E-state index in [-0.39, 0.29) is 37.5 Å². The summed E-state index contributed by atoms with van der Waals surface area (Å²) in [5.41, 5.74) is 4.82. The Balaban J connectivity index is 1.21. The predicted octanol–water partition coefficient (Wildman–Crippen LogP) is 8.91. The summed E-state index contributed by atoms with van der Waals surface area (Å²) < 4.78 is 45.1. The number of phenols is 1. The number of hydrogen-bond donors (Lipinski definition) is 1. The van der Waals surface area contributed by atoms with E-state index < -0.39 is 32.6 Å². The number of benzene rings is 4. The van der Waals surface area contributed by atoms with E-state index in [0.29, 0.717) is 28.7 Å². The minimum atomic E-state index is -1.64. The Morgan fingerprint density at radius 2 is 1.52 bits per heavy atom. The summed E-state index contributed by atoms with van der Waals surface area (Å²) in [5, 5.41) is 19.6. The van der Waals surface area contributed by atoms with Crippen molar-refractivity contribution in [3.8, 4) is 23.3 Å². The zero-order valence-electron chi connectivity index (χ0n) is 35.1. The SMILES string of the molecule is COc1ccc(C(OC[C@H]2O[C@@H](n3cnc4c3ncn3c5ccc(O)cc5nc43)C[C@@H]2OP(OCCC#N)N(C(C)C)C(C)C)(c2ccccc2)c2ccc(OC)cc2)cc1. The zero-order chi connectivity index (χ0) is 42.7. The van der Waals surface area contributed by atoms with Gasteiger partial charge in [0.05, 0.1) is 63.4 Å². The molecular weight excluding hydrogens is 794 g/mol. The molecule has 1 N–H and O–H groups in total. The van der Waals surface area contributed by atoms with Crippen LogP contribution in [0.15, 0.2) is 110 Å². The van der Waals surface area contributed by atoms with Crippen molar-refractivity contribution >= 4 is 36.4 Å². The van der Waals surface area contributed by atoms with Crippen molar-refractivity contribution in [2.45, 2.75) is 76.7 Å². The van der Waals surface area contributed by atoms with Gasteiger partial charge in [-0.1, -0.05) is 54.6 Å². The minimum absolute atomic E-state index is 0.0908. The van der Waals surface area contributed by atoms with E-state index in [0.717, 1.165) is 33.7 Å². The van der Waals surface area contributed by atoms with Gasteiger partial charge in [0.15, 0.2) is 16.8 Å². The molecular formula is C46H50N7O7P. The molecule has 3 aromatic heterocycles. The fourth-order valence-electron chi connectivity index (χ4n) is 8.16. The first-order valence-electron chi connectivity index (χ1n) is 20.4. The van der Waals surface area contributed by atoms with E-state index in [1.54, 1.807) is 39.0 Å². The van der Waals surface area contributed by atoms with Crippen LogP contribution in [0.2, 0.25) is 0 Å². The van der Waals surface area contributed by atoms with Crippen LogP contribution < -0.4 is 9.47 Å². The van der Waals surface area contributed by atoms with E-state index >= 15 is 0 Å². The smallest absolute Gasteiger partial charge is 0.259 e. The number of methoxy groups -OCH3 is 2. The van der Waals surface area contributed by atoms with Gasteiger partial charge in [-0.3, -0.25) is 8.97 Å². The molecule has 61 heavy (non-hydrogen) atoms. The Morgan fingerprint density at radius 1 is 0.869 bits per heavy atom. The van der Waals surface area contributed by atoms with Gasteiger partial charge < -0.3 is 33.1 Å². The average Bonchev–Trinajstić information content (AvgIpc) is 3.99. The predicted molar refractivity (Wildman–Crippen MR) is 232 cm³/mol. The van der Waals surface area contributed by atoms with Gasteiger partial charge in [0.2, 0.25) is 0 Å². The molecule has 0 aliphatic carbocycles. The third kappa shape index (κ3) is 8.25. The Hall–Kier alpha value is -5.65. The molecule has 0 bridgehead atoms. The van der Waals surface area contributed by atoms with Crippen molar-refractivity contribution in [3.63, 3.8) is 0 Å². The number of phenolic OH excluding ortho intramolecular Hbond substituents is 1. The van der Waals surface area contributed by atoms with Crippen LogP contribution in [0.3, 0.4) is 0 Å². The number of nitrogens with zero attached hydrogens (tertiary/aromatic N) is 7. The fraction of sp³-hybridized carbons (Fsp3) is 0.348. The summed E-state index contributed by atoms with van der Waals surface area (Å²) in [6.07, 6.45) is 2.42. The highest BCUT2D eigenvalue weighted by Gasteiger charge is 2.45. The second-order valence-corrected chi connectivity index (χ2v) is 16.8. The monoisotopic (exact) mass is 843 g/mol. The average molecular weight is 844 g/mol. The number of fused-ring (bicyclic) bond motifs is 5. The molecule has 0 spiro atoms. The maximum absolute atomic E-state index is 10.2. The highest BCUT2D eigenvalue weighted by atomic mass is 31.2. The van der Waals surface area contributed by atoms with E-state index in [1.165, 1.54) is 0 Å². The Bertz CT molecular complexity index is 2560. The van der Waals surface area contributed by atoms with E-state index in [9.17, 15) is 10.4 Å². The lowest BCUT2D eigenvalue weighted by Crippen LogP contribution is -2.39. The van der Waals surface area contributed by atoms with Gasteiger partial charge in [-0.05, 0) is 80.8 Å². The summed E-state index contributed by atoms with van der Waals surface area (Å²) in [6.45, 7) is 8.79. The molecule has 1 aliphatic heterocycles. The van der Waals surface area contributed by atoms with Crippen molar-refractivity contribution in [3.05, 3.63) is 126 Å². The first-order valence-corrected chi connectivity index (χ1v) is 21.5. The number of hydrogen-bond acceptors (Lipinski definition) is 12. The lowest BCUT2D eigenvalue weighted by Gasteiger charge is -2.39. The maximum atomic E-state index is 10.2. The van der Waals surface area contributed by atoms with E-state index in [1.807, 2.05) is 81.8 Å². The van der Waals surface area contributed by atoms with Crippen LogP contribution in [0, 0.1) is 11.3 Å². The quantitative estimate of drug-likeness (QED) is 0.0530. The first-order chi connectivity index (χ1) is 29.6. The molecule has 1 unspecified atom stereocenters. The van der Waals surface area contributed by atoms with Gasteiger partial charge in [-0.15, -0.1) is 0 Å². The van der Waals surface area contributed by atoms with Gasteiger partial charge in [0, 0.05) is 24.6 Å². The third-order valence-corrected chi connectivity index (χ3v) is 13.1. The largest absolute Gasteiger partial charge is 0.508 e. The molecule has 1 saturated heterocycles. The molecule has 15 heteroatoms. The third-order valence-electron chi connectivity index (χ3n) is 11.0. The van der Waals surface area contributed by atoms with Crippen molar-refractivity contribution in [2.24, 2.45) is 0 Å². The second kappa shape index (κ2) is 18.1. The number of nitriles is 1. The number of rotatable bonds is 17. The second-order valence-electron chi connectivity index (χ2n) is 15.4. The van der Waals surface area contributed by atoms with Gasteiger partial charge >= 0.3 is 0 Å². The summed E-state index contributed by atoms with van der Waals surface area (Å²) >= 11 is 0. The van der Waals surface area contributed by atoms with Gasteiger partial charge in [-0.25, -0.2) is 19.6 Å². The van der Waals surface area contributed by atoms with Crippen LogP contribution in [0.5, 0.6) is 17.2 Å². The lowest BCUT2D eigenvalue weighted by molar-refractivity contribution is -0.0912. The van der Waals surface area contributed by atoms with Crippen molar-refractivity contribution in [2.75, 3.05) is 27.4 Å². The zero-order valence-corrected chi connectivity index (χ0v) is 36.0. The van der Waals surface area contributed by atoms with E-state index in [2.05, 4.69) is 50.6 Å². The molecule has 0 radical (unpaired) electrons. The Kier molecular flexibility index (Phi) is 12.5. The lowest BCUT2D eigenvalue weighted by atomic mass is 9.80. The van der Waals surface area contributed by atoms with Crippen molar-refractivity contribution in [1.82, 2.24) is 28.6 Å². The van der Waals surface area contributed by atoms with Crippen LogP contribution in [-0.2, 0) is 24.1 Å². The molecule has 4 heterocycles.